The zero-order valence-corrected chi connectivity index (χ0v) is 10.2. The lowest BCUT2D eigenvalue weighted by atomic mass is 9.47. The van der Waals surface area contributed by atoms with Gasteiger partial charge in [-0.3, -0.25) is 0 Å². The molecule has 0 spiro atoms. The molecule has 0 aliphatic heterocycles. The Bertz CT molecular complexity index is 358. The van der Waals surface area contributed by atoms with Crippen molar-refractivity contribution in [3.05, 3.63) is 12.7 Å². The van der Waals surface area contributed by atoms with Crippen molar-refractivity contribution in [3.8, 4) is 0 Å². The van der Waals surface area contributed by atoms with Crippen LogP contribution in [0, 0.1) is 23.2 Å². The van der Waals surface area contributed by atoms with Gasteiger partial charge < -0.3 is 4.74 Å². The highest BCUT2D eigenvalue weighted by atomic mass is 16.6. The Labute approximate surface area is 97.1 Å². The fraction of sp³-hybridized carbons (Fsp3) is 0.786. The molecule has 2 heteroatoms. The van der Waals surface area contributed by atoms with Crippen molar-refractivity contribution in [1.29, 1.82) is 0 Å². The van der Waals surface area contributed by atoms with Crippen LogP contribution >= 0.6 is 0 Å². The standard InChI is InChI=1S/C14H20O2/c1-4-12(15)16-13(2,3)14-7-9-5-10(8-14)11(14)6-9/h4,9-11H,1,5-8H2,2-3H3. The molecule has 3 rings (SSSR count). The Balaban J connectivity index is 1.82. The topological polar surface area (TPSA) is 26.3 Å². The van der Waals surface area contributed by atoms with E-state index in [0.29, 0.717) is 5.41 Å². The first-order valence-electron chi connectivity index (χ1n) is 6.34. The first kappa shape index (κ1) is 10.4. The first-order valence-corrected chi connectivity index (χ1v) is 6.34. The van der Waals surface area contributed by atoms with Gasteiger partial charge in [0.25, 0.3) is 0 Å². The summed E-state index contributed by atoms with van der Waals surface area (Å²) in [5, 5.41) is 0. The van der Waals surface area contributed by atoms with Gasteiger partial charge in [0.05, 0.1) is 0 Å². The lowest BCUT2D eigenvalue weighted by molar-refractivity contribution is -0.203. The predicted octanol–water partition coefficient (Wildman–Crippen LogP) is 2.93. The molecule has 3 saturated carbocycles. The SMILES string of the molecule is C=CC(=O)OC(C)(C)C12CC3CC(C1)C2C3. The van der Waals surface area contributed by atoms with Gasteiger partial charge in [0.2, 0.25) is 0 Å². The molecule has 0 heterocycles. The van der Waals surface area contributed by atoms with Crippen LogP contribution < -0.4 is 0 Å². The molecule has 4 atom stereocenters. The Kier molecular flexibility index (Phi) is 1.88. The van der Waals surface area contributed by atoms with E-state index in [0.717, 1.165) is 17.8 Å². The quantitative estimate of drug-likeness (QED) is 0.540. The van der Waals surface area contributed by atoms with Crippen molar-refractivity contribution in [2.45, 2.75) is 45.1 Å². The van der Waals surface area contributed by atoms with Crippen LogP contribution in [0.4, 0.5) is 0 Å². The van der Waals surface area contributed by atoms with Crippen LogP contribution in [-0.4, -0.2) is 11.6 Å². The normalized spacial score (nSPS) is 44.0. The summed E-state index contributed by atoms with van der Waals surface area (Å²) in [6, 6.07) is 0. The minimum absolute atomic E-state index is 0.273. The number of rotatable bonds is 3. The highest BCUT2D eigenvalue weighted by Crippen LogP contribution is 2.74. The molecule has 0 saturated heterocycles. The molecular weight excluding hydrogens is 200 g/mol. The molecule has 0 radical (unpaired) electrons. The molecule has 2 bridgehead atoms. The summed E-state index contributed by atoms with van der Waals surface area (Å²) in [5.41, 5.74) is -0.0200. The molecule has 0 aromatic rings. The van der Waals surface area contributed by atoms with Gasteiger partial charge in [-0.15, -0.1) is 0 Å². The second kappa shape index (κ2) is 2.91. The third-order valence-corrected chi connectivity index (χ3v) is 5.50. The van der Waals surface area contributed by atoms with Gasteiger partial charge in [0.1, 0.15) is 5.60 Å². The van der Waals surface area contributed by atoms with Gasteiger partial charge in [-0.1, -0.05) is 6.58 Å². The number of carbonyl (C=O) groups excluding carboxylic acids is 1. The van der Waals surface area contributed by atoms with E-state index in [2.05, 4.69) is 20.4 Å². The van der Waals surface area contributed by atoms with Crippen molar-refractivity contribution >= 4 is 5.97 Å². The number of carbonyl (C=O) groups is 1. The smallest absolute Gasteiger partial charge is 0.330 e. The molecule has 3 aliphatic carbocycles. The van der Waals surface area contributed by atoms with E-state index in [4.69, 9.17) is 4.74 Å². The molecule has 0 aromatic heterocycles. The Morgan fingerprint density at radius 1 is 1.44 bits per heavy atom. The number of fused-ring (bicyclic) bond motifs is 1. The summed E-state index contributed by atoms with van der Waals surface area (Å²) < 4.78 is 5.61. The predicted molar refractivity (Wildman–Crippen MR) is 61.7 cm³/mol. The summed E-state index contributed by atoms with van der Waals surface area (Å²) >= 11 is 0. The molecule has 16 heavy (non-hydrogen) atoms. The summed E-state index contributed by atoms with van der Waals surface area (Å²) in [4.78, 5) is 11.4. The van der Waals surface area contributed by atoms with E-state index in [1.807, 2.05) is 0 Å². The molecule has 2 nitrogen and oxygen atoms in total. The van der Waals surface area contributed by atoms with E-state index >= 15 is 0 Å². The maximum Gasteiger partial charge on any atom is 0.330 e. The van der Waals surface area contributed by atoms with Gasteiger partial charge in [-0.05, 0) is 57.3 Å². The first-order chi connectivity index (χ1) is 7.48. The summed E-state index contributed by atoms with van der Waals surface area (Å²) in [5.74, 6) is 2.39. The van der Waals surface area contributed by atoms with Crippen LogP contribution in [0.1, 0.15) is 39.5 Å². The second-order valence-corrected chi connectivity index (χ2v) is 6.40. The van der Waals surface area contributed by atoms with Crippen LogP contribution in [0.25, 0.3) is 0 Å². The van der Waals surface area contributed by atoms with Crippen LogP contribution in [0.2, 0.25) is 0 Å². The molecule has 3 fully saturated rings. The van der Waals surface area contributed by atoms with Gasteiger partial charge in [0, 0.05) is 11.5 Å². The third-order valence-electron chi connectivity index (χ3n) is 5.50. The number of ether oxygens (including phenoxy) is 1. The largest absolute Gasteiger partial charge is 0.456 e. The van der Waals surface area contributed by atoms with Gasteiger partial charge in [-0.25, -0.2) is 4.79 Å². The van der Waals surface area contributed by atoms with E-state index in [9.17, 15) is 4.79 Å². The van der Waals surface area contributed by atoms with Crippen molar-refractivity contribution in [2.24, 2.45) is 23.2 Å². The van der Waals surface area contributed by atoms with Crippen LogP contribution in [0.15, 0.2) is 12.7 Å². The van der Waals surface area contributed by atoms with Crippen LogP contribution in [-0.2, 0) is 9.53 Å². The maximum atomic E-state index is 11.4. The van der Waals surface area contributed by atoms with Crippen LogP contribution in [0.5, 0.6) is 0 Å². The lowest BCUT2D eigenvalue weighted by Gasteiger charge is -2.60. The van der Waals surface area contributed by atoms with Crippen LogP contribution in [0.3, 0.4) is 0 Å². The fourth-order valence-corrected chi connectivity index (χ4v) is 4.85. The van der Waals surface area contributed by atoms with Gasteiger partial charge in [0.15, 0.2) is 0 Å². The maximum absolute atomic E-state index is 11.4. The summed E-state index contributed by atoms with van der Waals surface area (Å²) in [6.45, 7) is 7.66. The van der Waals surface area contributed by atoms with Crippen molar-refractivity contribution < 1.29 is 9.53 Å². The number of hydrogen-bond donors (Lipinski definition) is 0. The average Bonchev–Trinajstić information content (AvgIpc) is 2.69. The fourth-order valence-electron chi connectivity index (χ4n) is 4.85. The highest BCUT2D eigenvalue weighted by molar-refractivity contribution is 5.81. The second-order valence-electron chi connectivity index (χ2n) is 6.40. The zero-order chi connectivity index (χ0) is 11.6. The molecule has 0 N–H and O–H groups in total. The molecule has 4 unspecified atom stereocenters. The summed E-state index contributed by atoms with van der Waals surface area (Å²) in [6.07, 6.45) is 6.62. The van der Waals surface area contributed by atoms with E-state index in [1.54, 1.807) is 0 Å². The van der Waals surface area contributed by atoms with E-state index in [1.165, 1.54) is 31.8 Å². The molecule has 0 amide bonds. The molecule has 3 aliphatic rings. The lowest BCUT2D eigenvalue weighted by Crippen LogP contribution is -2.59. The van der Waals surface area contributed by atoms with Crippen molar-refractivity contribution in [2.75, 3.05) is 0 Å². The van der Waals surface area contributed by atoms with E-state index < -0.39 is 0 Å². The van der Waals surface area contributed by atoms with Gasteiger partial charge >= 0.3 is 5.97 Å². The molecular formula is C14H20O2. The minimum Gasteiger partial charge on any atom is -0.456 e. The van der Waals surface area contributed by atoms with Crippen molar-refractivity contribution in [3.63, 3.8) is 0 Å². The summed E-state index contributed by atoms with van der Waals surface area (Å²) in [7, 11) is 0. The Hall–Kier alpha value is -0.790. The monoisotopic (exact) mass is 220 g/mol. The van der Waals surface area contributed by atoms with Crippen molar-refractivity contribution in [1.82, 2.24) is 0 Å². The zero-order valence-electron chi connectivity index (χ0n) is 10.2. The minimum atomic E-state index is -0.311. The average molecular weight is 220 g/mol. The Morgan fingerprint density at radius 2 is 2.19 bits per heavy atom. The highest BCUT2D eigenvalue weighted by Gasteiger charge is 2.70. The molecule has 88 valence electrons. The molecule has 0 aromatic carbocycles. The number of hydrogen-bond acceptors (Lipinski definition) is 2. The third kappa shape index (κ3) is 1.05. The Morgan fingerprint density at radius 3 is 2.69 bits per heavy atom. The van der Waals surface area contributed by atoms with E-state index in [-0.39, 0.29) is 11.6 Å². The number of esters is 1. The van der Waals surface area contributed by atoms with Gasteiger partial charge in [-0.2, -0.15) is 0 Å².